The Labute approximate surface area is 175 Å². The first-order chi connectivity index (χ1) is 13.7. The average Bonchev–Trinajstić information content (AvgIpc) is 2.68. The fourth-order valence-corrected chi connectivity index (χ4v) is 5.04. The third-order valence-electron chi connectivity index (χ3n) is 5.34. The molecule has 29 heavy (non-hydrogen) atoms. The van der Waals surface area contributed by atoms with Gasteiger partial charge in [-0.3, -0.25) is 0 Å². The molecule has 0 aromatic heterocycles. The number of ether oxygens (including phenoxy) is 1. The first-order valence-electron chi connectivity index (χ1n) is 10.4. The van der Waals surface area contributed by atoms with Gasteiger partial charge in [-0.05, 0) is 77.4 Å². The minimum Gasteiger partial charge on any atom is -0.378 e. The van der Waals surface area contributed by atoms with Crippen molar-refractivity contribution in [3.05, 3.63) is 23.8 Å². The lowest BCUT2D eigenvalue weighted by Gasteiger charge is -2.29. The highest BCUT2D eigenvalue weighted by Crippen LogP contribution is 2.26. The van der Waals surface area contributed by atoms with Gasteiger partial charge in [-0.2, -0.15) is 0 Å². The Hall–Kier alpha value is -1.22. The predicted octanol–water partition coefficient (Wildman–Crippen LogP) is 3.17. The van der Waals surface area contributed by atoms with Crippen LogP contribution >= 0.6 is 0 Å². The van der Waals surface area contributed by atoms with Gasteiger partial charge in [0.15, 0.2) is 0 Å². The van der Waals surface area contributed by atoms with Gasteiger partial charge in [-0.15, -0.1) is 0 Å². The zero-order valence-corrected chi connectivity index (χ0v) is 19.0. The first-order valence-corrected chi connectivity index (χ1v) is 11.9. The normalized spacial score (nSPS) is 20.2. The Balaban J connectivity index is 1.83. The lowest BCUT2D eigenvalue weighted by atomic mass is 9.94. The summed E-state index contributed by atoms with van der Waals surface area (Å²) in [5, 5.41) is 0. The van der Waals surface area contributed by atoms with E-state index in [0.29, 0.717) is 11.3 Å². The molecule has 2 rings (SSSR count). The molecular formula is C21H36FN3O3S. The number of rotatable bonds is 11. The van der Waals surface area contributed by atoms with E-state index in [1.165, 1.54) is 6.07 Å². The number of halogens is 1. The number of hydrogen-bond donors (Lipinski definition) is 1. The smallest absolute Gasteiger partial charge is 0.240 e. The molecule has 8 heteroatoms. The summed E-state index contributed by atoms with van der Waals surface area (Å²) >= 11 is 0. The third kappa shape index (κ3) is 7.51. The summed E-state index contributed by atoms with van der Waals surface area (Å²) in [7, 11) is 4.09. The Bertz CT molecular complexity index is 733. The number of alkyl halides is 1. The second-order valence-electron chi connectivity index (χ2n) is 8.29. The van der Waals surface area contributed by atoms with E-state index in [-0.39, 0.29) is 17.0 Å². The van der Waals surface area contributed by atoms with Crippen molar-refractivity contribution in [2.24, 2.45) is 0 Å². The van der Waals surface area contributed by atoms with Gasteiger partial charge in [0.1, 0.15) is 6.67 Å². The lowest BCUT2D eigenvalue weighted by molar-refractivity contribution is 0.0217. The maximum atomic E-state index is 13.3. The van der Waals surface area contributed by atoms with Gasteiger partial charge < -0.3 is 14.5 Å². The molecule has 166 valence electrons. The van der Waals surface area contributed by atoms with Crippen molar-refractivity contribution in [3.63, 3.8) is 0 Å². The molecule has 1 fully saturated rings. The summed E-state index contributed by atoms with van der Waals surface area (Å²) in [5.41, 5.74) is 1.07. The van der Waals surface area contributed by atoms with E-state index in [4.69, 9.17) is 4.74 Å². The fraction of sp³-hybridized carbons (Fsp3) is 0.714. The van der Waals surface area contributed by atoms with Crippen LogP contribution in [0.2, 0.25) is 0 Å². The van der Waals surface area contributed by atoms with Gasteiger partial charge in [0, 0.05) is 38.0 Å². The van der Waals surface area contributed by atoms with Crippen molar-refractivity contribution < 1.29 is 17.5 Å². The first kappa shape index (κ1) is 24.1. The second-order valence-corrected chi connectivity index (χ2v) is 10.0. The Morgan fingerprint density at radius 2 is 1.79 bits per heavy atom. The monoisotopic (exact) mass is 429 g/mol. The van der Waals surface area contributed by atoms with Gasteiger partial charge in [0.2, 0.25) is 10.0 Å². The molecule has 0 radical (unpaired) electrons. The van der Waals surface area contributed by atoms with Crippen LogP contribution in [0.25, 0.3) is 0 Å². The minimum atomic E-state index is -3.67. The second kappa shape index (κ2) is 11.2. The molecule has 0 atom stereocenters. The zero-order chi connectivity index (χ0) is 21.4. The fourth-order valence-electron chi connectivity index (χ4n) is 3.69. The summed E-state index contributed by atoms with van der Waals surface area (Å²) in [5.74, 6) is 0. The van der Waals surface area contributed by atoms with Crippen molar-refractivity contribution in [2.75, 3.05) is 46.2 Å². The van der Waals surface area contributed by atoms with Crippen molar-refractivity contribution in [1.29, 1.82) is 0 Å². The molecule has 1 aromatic carbocycles. The molecule has 0 aliphatic heterocycles. The minimum absolute atomic E-state index is 0.101. The topological polar surface area (TPSA) is 61.9 Å². The van der Waals surface area contributed by atoms with Crippen molar-refractivity contribution in [2.45, 2.75) is 62.2 Å². The quantitative estimate of drug-likeness (QED) is 0.548. The lowest BCUT2D eigenvalue weighted by Crippen LogP contribution is -2.39. The summed E-state index contributed by atoms with van der Waals surface area (Å²) in [6.45, 7) is 1.13. The van der Waals surface area contributed by atoms with E-state index in [1.807, 2.05) is 14.1 Å². The van der Waals surface area contributed by atoms with E-state index in [2.05, 4.69) is 23.7 Å². The molecular weight excluding hydrogens is 393 g/mol. The van der Waals surface area contributed by atoms with E-state index in [0.717, 1.165) is 51.7 Å². The van der Waals surface area contributed by atoms with Crippen molar-refractivity contribution in [3.8, 4) is 0 Å². The molecule has 1 saturated carbocycles. The maximum Gasteiger partial charge on any atom is 0.240 e. The number of benzene rings is 1. The highest BCUT2D eigenvalue weighted by Gasteiger charge is 2.26. The molecule has 0 unspecified atom stereocenters. The molecule has 1 N–H and O–H groups in total. The molecule has 0 bridgehead atoms. The number of anilines is 1. The van der Waals surface area contributed by atoms with Gasteiger partial charge in [-0.1, -0.05) is 0 Å². The van der Waals surface area contributed by atoms with Crippen LogP contribution in [0.15, 0.2) is 23.1 Å². The van der Waals surface area contributed by atoms with E-state index in [9.17, 15) is 12.8 Å². The molecule has 1 aliphatic rings. The standard InChI is InChI=1S/C21H36FN3O3S/c1-24(2)13-5-6-14-28-19-9-7-18(8-10-19)23-29(26,27)20-11-12-21(25(3)4)17(15-20)16-22/h11-12,15,18-19,23H,5-10,13-14,16H2,1-4H3. The average molecular weight is 430 g/mol. The van der Waals surface area contributed by atoms with Gasteiger partial charge >= 0.3 is 0 Å². The molecule has 1 aromatic rings. The van der Waals surface area contributed by atoms with E-state index < -0.39 is 16.7 Å². The molecule has 0 spiro atoms. The Morgan fingerprint density at radius 3 is 2.38 bits per heavy atom. The number of hydrogen-bond acceptors (Lipinski definition) is 5. The molecule has 0 saturated heterocycles. The molecule has 6 nitrogen and oxygen atoms in total. The summed E-state index contributed by atoms with van der Waals surface area (Å²) in [6, 6.07) is 4.53. The van der Waals surface area contributed by atoms with E-state index in [1.54, 1.807) is 17.0 Å². The van der Waals surface area contributed by atoms with Crippen LogP contribution in [-0.2, 0) is 21.4 Å². The van der Waals surface area contributed by atoms with Crippen LogP contribution < -0.4 is 9.62 Å². The number of nitrogens with one attached hydrogen (secondary N) is 1. The van der Waals surface area contributed by atoms with Crippen LogP contribution in [0.4, 0.5) is 10.1 Å². The maximum absolute atomic E-state index is 13.3. The van der Waals surface area contributed by atoms with Crippen LogP contribution in [0.3, 0.4) is 0 Å². The zero-order valence-electron chi connectivity index (χ0n) is 18.2. The SMILES string of the molecule is CN(C)CCCCOC1CCC(NS(=O)(=O)c2ccc(N(C)C)c(CF)c2)CC1. The highest BCUT2D eigenvalue weighted by molar-refractivity contribution is 7.89. The molecule has 0 heterocycles. The van der Waals surface area contributed by atoms with Crippen LogP contribution in [-0.4, -0.2) is 66.8 Å². The van der Waals surface area contributed by atoms with Crippen molar-refractivity contribution >= 4 is 15.7 Å². The third-order valence-corrected chi connectivity index (χ3v) is 6.85. The van der Waals surface area contributed by atoms with Gasteiger partial charge in [-0.25, -0.2) is 17.5 Å². The molecule has 0 amide bonds. The predicted molar refractivity (Wildman–Crippen MR) is 116 cm³/mol. The highest BCUT2D eigenvalue weighted by atomic mass is 32.2. The van der Waals surface area contributed by atoms with Gasteiger partial charge in [0.25, 0.3) is 0 Å². The Morgan fingerprint density at radius 1 is 1.10 bits per heavy atom. The van der Waals surface area contributed by atoms with E-state index >= 15 is 0 Å². The largest absolute Gasteiger partial charge is 0.378 e. The molecule has 1 aliphatic carbocycles. The van der Waals surface area contributed by atoms with Crippen LogP contribution in [0.5, 0.6) is 0 Å². The number of sulfonamides is 1. The van der Waals surface area contributed by atoms with Crippen molar-refractivity contribution in [1.82, 2.24) is 9.62 Å². The number of unbranched alkanes of at least 4 members (excludes halogenated alkanes) is 1. The van der Waals surface area contributed by atoms with Gasteiger partial charge in [0.05, 0.1) is 11.0 Å². The summed E-state index contributed by atoms with van der Waals surface area (Å²) in [6.07, 6.45) is 5.61. The summed E-state index contributed by atoms with van der Waals surface area (Å²) < 4.78 is 47.6. The summed E-state index contributed by atoms with van der Waals surface area (Å²) in [4.78, 5) is 4.07. The number of nitrogens with zero attached hydrogens (tertiary/aromatic N) is 2. The Kier molecular flexibility index (Phi) is 9.33. The van der Waals surface area contributed by atoms with Crippen LogP contribution in [0, 0.1) is 0 Å². The van der Waals surface area contributed by atoms with Crippen LogP contribution in [0.1, 0.15) is 44.1 Å².